The first kappa shape index (κ1) is 16.4. The van der Waals surface area contributed by atoms with Crippen LogP contribution >= 0.6 is 0 Å². The lowest BCUT2D eigenvalue weighted by atomic mass is 9.84. The standard InChI is InChI=1S/C20H23N3O/c1-15(22-23-20(24)19-8-5-13-21-14-19)16-9-11-18(12-10-16)17-6-3-2-4-7-17/h5,8-14,17H,2-4,6-7H2,1H3,(H,23,24)/b22-15-. The van der Waals surface area contributed by atoms with Gasteiger partial charge in [-0.2, -0.15) is 5.10 Å². The molecular weight excluding hydrogens is 298 g/mol. The van der Waals surface area contributed by atoms with Gasteiger partial charge in [0.1, 0.15) is 0 Å². The molecule has 1 heterocycles. The highest BCUT2D eigenvalue weighted by Gasteiger charge is 2.15. The second-order valence-electron chi connectivity index (χ2n) is 6.34. The predicted octanol–water partition coefficient (Wildman–Crippen LogP) is 4.28. The Kier molecular flexibility index (Phi) is 5.36. The molecule has 1 amide bonds. The Bertz CT molecular complexity index is 701. The molecule has 24 heavy (non-hydrogen) atoms. The maximum atomic E-state index is 12.0. The normalized spacial score (nSPS) is 16.0. The number of aromatic nitrogens is 1. The molecule has 2 aromatic rings. The average Bonchev–Trinajstić information content (AvgIpc) is 2.67. The molecule has 1 saturated carbocycles. The third-order valence-electron chi connectivity index (χ3n) is 4.65. The smallest absolute Gasteiger partial charge is 0.267 e. The third kappa shape index (κ3) is 4.07. The van der Waals surface area contributed by atoms with Crippen LogP contribution in [0.1, 0.15) is 66.4 Å². The van der Waals surface area contributed by atoms with Gasteiger partial charge in [0.15, 0.2) is 0 Å². The fourth-order valence-electron chi connectivity index (χ4n) is 3.19. The van der Waals surface area contributed by atoms with E-state index >= 15 is 0 Å². The van der Waals surface area contributed by atoms with Gasteiger partial charge in [0.2, 0.25) is 0 Å². The number of hydrazone groups is 1. The summed E-state index contributed by atoms with van der Waals surface area (Å²) in [7, 11) is 0. The predicted molar refractivity (Wildman–Crippen MR) is 96.2 cm³/mol. The monoisotopic (exact) mass is 321 g/mol. The van der Waals surface area contributed by atoms with Crippen LogP contribution in [-0.2, 0) is 0 Å². The van der Waals surface area contributed by atoms with Crippen molar-refractivity contribution in [2.24, 2.45) is 5.10 Å². The van der Waals surface area contributed by atoms with Gasteiger partial charge >= 0.3 is 0 Å². The van der Waals surface area contributed by atoms with Crippen LogP contribution < -0.4 is 5.43 Å². The first-order chi connectivity index (χ1) is 11.7. The minimum atomic E-state index is -0.249. The molecule has 1 fully saturated rings. The van der Waals surface area contributed by atoms with Crippen LogP contribution in [0.3, 0.4) is 0 Å². The lowest BCUT2D eigenvalue weighted by Gasteiger charge is -2.22. The molecule has 0 spiro atoms. The largest absolute Gasteiger partial charge is 0.272 e. The van der Waals surface area contributed by atoms with Gasteiger partial charge in [0.05, 0.1) is 11.3 Å². The summed E-state index contributed by atoms with van der Waals surface area (Å²) in [5.74, 6) is 0.455. The minimum absolute atomic E-state index is 0.249. The highest BCUT2D eigenvalue weighted by atomic mass is 16.2. The van der Waals surface area contributed by atoms with Crippen LogP contribution in [0.4, 0.5) is 0 Å². The summed E-state index contributed by atoms with van der Waals surface area (Å²) in [5, 5.41) is 4.20. The molecule has 0 aliphatic heterocycles. The zero-order chi connectivity index (χ0) is 16.8. The molecule has 4 heteroatoms. The van der Waals surface area contributed by atoms with Gasteiger partial charge in [0, 0.05) is 12.4 Å². The average molecular weight is 321 g/mol. The van der Waals surface area contributed by atoms with E-state index in [2.05, 4.69) is 39.8 Å². The summed E-state index contributed by atoms with van der Waals surface area (Å²) in [6.45, 7) is 1.90. The molecule has 1 aliphatic carbocycles. The second kappa shape index (κ2) is 7.86. The van der Waals surface area contributed by atoms with Gasteiger partial charge in [-0.25, -0.2) is 5.43 Å². The van der Waals surface area contributed by atoms with E-state index in [1.807, 2.05) is 6.92 Å². The Balaban J connectivity index is 1.64. The van der Waals surface area contributed by atoms with E-state index in [1.165, 1.54) is 43.9 Å². The molecule has 124 valence electrons. The molecule has 4 nitrogen and oxygen atoms in total. The third-order valence-corrected chi connectivity index (χ3v) is 4.65. The van der Waals surface area contributed by atoms with Gasteiger partial charge < -0.3 is 0 Å². The Morgan fingerprint density at radius 2 is 1.83 bits per heavy atom. The van der Waals surface area contributed by atoms with Gasteiger partial charge in [0.25, 0.3) is 5.91 Å². The van der Waals surface area contributed by atoms with E-state index in [0.717, 1.165) is 11.3 Å². The van der Waals surface area contributed by atoms with Crippen LogP contribution in [0.5, 0.6) is 0 Å². The Hall–Kier alpha value is -2.49. The summed E-state index contributed by atoms with van der Waals surface area (Å²) >= 11 is 0. The Morgan fingerprint density at radius 1 is 1.08 bits per heavy atom. The summed E-state index contributed by atoms with van der Waals surface area (Å²) < 4.78 is 0. The van der Waals surface area contributed by atoms with Crippen LogP contribution in [0.2, 0.25) is 0 Å². The highest BCUT2D eigenvalue weighted by Crippen LogP contribution is 2.32. The van der Waals surface area contributed by atoms with Crippen LogP contribution in [0.25, 0.3) is 0 Å². The maximum Gasteiger partial charge on any atom is 0.272 e. The number of carbonyl (C=O) groups is 1. The SMILES string of the molecule is C/C(=N/NC(=O)c1cccnc1)c1ccc(C2CCCCC2)cc1. The van der Waals surface area contributed by atoms with E-state index in [4.69, 9.17) is 0 Å². The summed E-state index contributed by atoms with van der Waals surface area (Å²) in [6, 6.07) is 12.0. The van der Waals surface area contributed by atoms with Crippen molar-refractivity contribution in [1.82, 2.24) is 10.4 Å². The van der Waals surface area contributed by atoms with Gasteiger partial charge in [-0.05, 0) is 48.9 Å². The zero-order valence-corrected chi connectivity index (χ0v) is 14.0. The van der Waals surface area contributed by atoms with E-state index < -0.39 is 0 Å². The number of rotatable bonds is 4. The molecule has 1 aromatic carbocycles. The minimum Gasteiger partial charge on any atom is -0.267 e. The van der Waals surface area contributed by atoms with Crippen molar-refractivity contribution >= 4 is 11.6 Å². The Morgan fingerprint density at radius 3 is 2.50 bits per heavy atom. The molecule has 0 radical (unpaired) electrons. The number of nitrogens with zero attached hydrogens (tertiary/aromatic N) is 2. The maximum absolute atomic E-state index is 12.0. The Labute approximate surface area is 143 Å². The summed E-state index contributed by atoms with van der Waals surface area (Å²) in [4.78, 5) is 15.9. The van der Waals surface area contributed by atoms with Crippen LogP contribution in [-0.4, -0.2) is 16.6 Å². The quantitative estimate of drug-likeness (QED) is 0.675. The molecule has 0 atom stereocenters. The number of amides is 1. The molecule has 0 saturated heterocycles. The van der Waals surface area contributed by atoms with Crippen LogP contribution in [0, 0.1) is 0 Å². The van der Waals surface area contributed by atoms with Crippen molar-refractivity contribution < 1.29 is 4.79 Å². The van der Waals surface area contributed by atoms with Crippen LogP contribution in [0.15, 0.2) is 53.9 Å². The molecule has 1 aromatic heterocycles. The summed E-state index contributed by atoms with van der Waals surface area (Å²) in [6.07, 6.45) is 9.82. The van der Waals surface area contributed by atoms with Crippen molar-refractivity contribution in [1.29, 1.82) is 0 Å². The first-order valence-electron chi connectivity index (χ1n) is 8.59. The van der Waals surface area contributed by atoms with Crippen molar-refractivity contribution in [3.63, 3.8) is 0 Å². The first-order valence-corrected chi connectivity index (χ1v) is 8.59. The summed E-state index contributed by atoms with van der Waals surface area (Å²) in [5.41, 5.74) is 6.33. The number of hydrogen-bond donors (Lipinski definition) is 1. The number of pyridine rings is 1. The molecule has 1 N–H and O–H groups in total. The molecule has 0 unspecified atom stereocenters. The number of benzene rings is 1. The molecule has 1 aliphatic rings. The van der Waals surface area contributed by atoms with Crippen molar-refractivity contribution in [2.45, 2.75) is 44.9 Å². The molecule has 0 bridgehead atoms. The fourth-order valence-corrected chi connectivity index (χ4v) is 3.19. The number of nitrogens with one attached hydrogen (secondary N) is 1. The fraction of sp³-hybridized carbons (Fsp3) is 0.350. The van der Waals surface area contributed by atoms with Crippen molar-refractivity contribution in [3.05, 3.63) is 65.5 Å². The highest BCUT2D eigenvalue weighted by molar-refractivity contribution is 6.00. The lowest BCUT2D eigenvalue weighted by molar-refractivity contribution is 0.0954. The van der Waals surface area contributed by atoms with Gasteiger partial charge in [-0.15, -0.1) is 0 Å². The van der Waals surface area contributed by atoms with E-state index in [1.54, 1.807) is 18.3 Å². The van der Waals surface area contributed by atoms with Gasteiger partial charge in [-0.3, -0.25) is 9.78 Å². The van der Waals surface area contributed by atoms with E-state index in [0.29, 0.717) is 11.5 Å². The molecular formula is C20H23N3O. The molecule has 3 rings (SSSR count). The van der Waals surface area contributed by atoms with Crippen molar-refractivity contribution in [3.8, 4) is 0 Å². The van der Waals surface area contributed by atoms with Crippen molar-refractivity contribution in [2.75, 3.05) is 0 Å². The second-order valence-corrected chi connectivity index (χ2v) is 6.34. The topological polar surface area (TPSA) is 54.4 Å². The van der Waals surface area contributed by atoms with E-state index in [9.17, 15) is 4.79 Å². The van der Waals surface area contributed by atoms with E-state index in [-0.39, 0.29) is 5.91 Å². The number of hydrogen-bond acceptors (Lipinski definition) is 3. The lowest BCUT2D eigenvalue weighted by Crippen LogP contribution is -2.19. The zero-order valence-electron chi connectivity index (χ0n) is 14.0. The number of carbonyl (C=O) groups excluding carboxylic acids is 1. The van der Waals surface area contributed by atoms with Gasteiger partial charge in [-0.1, -0.05) is 43.5 Å².